The van der Waals surface area contributed by atoms with E-state index in [0.717, 1.165) is 12.2 Å². The fraction of sp³-hybridized carbons (Fsp3) is 0.727. The van der Waals surface area contributed by atoms with E-state index in [1.165, 1.54) is 25.8 Å². The number of nitrogens with two attached hydrogens (primary N) is 1. The Labute approximate surface area is 91.1 Å². The van der Waals surface area contributed by atoms with E-state index >= 15 is 0 Å². The largest absolute Gasteiger partial charge is 0.332 e. The molecule has 0 amide bonds. The van der Waals surface area contributed by atoms with E-state index in [9.17, 15) is 0 Å². The summed E-state index contributed by atoms with van der Waals surface area (Å²) in [6, 6.07) is 0.651. The van der Waals surface area contributed by atoms with E-state index in [1.54, 1.807) is 0 Å². The number of likely N-dealkylation sites (tertiary alicyclic amines) is 1. The van der Waals surface area contributed by atoms with Crippen LogP contribution in [0.1, 0.15) is 25.0 Å². The van der Waals surface area contributed by atoms with Gasteiger partial charge >= 0.3 is 0 Å². The van der Waals surface area contributed by atoms with Gasteiger partial charge in [-0.05, 0) is 26.4 Å². The van der Waals surface area contributed by atoms with E-state index in [-0.39, 0.29) is 0 Å². The van der Waals surface area contributed by atoms with Gasteiger partial charge in [-0.3, -0.25) is 0 Å². The highest BCUT2D eigenvalue weighted by molar-refractivity contribution is 4.98. The third-order valence-corrected chi connectivity index (χ3v) is 3.34. The zero-order chi connectivity index (χ0) is 10.7. The molecule has 0 saturated carbocycles. The maximum Gasteiger partial charge on any atom is 0.0949 e. The van der Waals surface area contributed by atoms with Gasteiger partial charge in [-0.25, -0.2) is 4.98 Å². The minimum atomic E-state index is 0.580. The minimum Gasteiger partial charge on any atom is -0.332 e. The first-order chi connectivity index (χ1) is 7.31. The normalized spacial score (nSPS) is 23.2. The SMILES string of the molecule is CN1CCCCC1Cn1cncc1CN. The van der Waals surface area contributed by atoms with Crippen LogP contribution < -0.4 is 5.73 Å². The molecule has 4 nitrogen and oxygen atoms in total. The molecule has 1 fully saturated rings. The molecule has 4 heteroatoms. The van der Waals surface area contributed by atoms with Gasteiger partial charge in [0.1, 0.15) is 0 Å². The van der Waals surface area contributed by atoms with Crippen molar-refractivity contribution in [1.82, 2.24) is 14.5 Å². The molecule has 1 atom stereocenters. The molecular weight excluding hydrogens is 188 g/mol. The van der Waals surface area contributed by atoms with Crippen LogP contribution in [0.25, 0.3) is 0 Å². The second-order valence-corrected chi connectivity index (χ2v) is 4.37. The summed E-state index contributed by atoms with van der Waals surface area (Å²) in [6.45, 7) is 2.83. The summed E-state index contributed by atoms with van der Waals surface area (Å²) in [5.74, 6) is 0. The lowest BCUT2D eigenvalue weighted by Gasteiger charge is -2.32. The fourth-order valence-corrected chi connectivity index (χ4v) is 2.28. The van der Waals surface area contributed by atoms with Crippen molar-refractivity contribution in [2.24, 2.45) is 5.73 Å². The highest BCUT2D eigenvalue weighted by atomic mass is 15.2. The van der Waals surface area contributed by atoms with Crippen molar-refractivity contribution in [3.63, 3.8) is 0 Å². The first kappa shape index (κ1) is 10.6. The number of aromatic nitrogens is 2. The minimum absolute atomic E-state index is 0.580. The van der Waals surface area contributed by atoms with Crippen molar-refractivity contribution in [2.45, 2.75) is 38.4 Å². The Morgan fingerprint density at radius 3 is 3.13 bits per heavy atom. The predicted octanol–water partition coefficient (Wildman–Crippen LogP) is 0.826. The lowest BCUT2D eigenvalue weighted by molar-refractivity contribution is 0.166. The molecule has 0 spiro atoms. The summed E-state index contributed by atoms with van der Waals surface area (Å²) in [6.07, 6.45) is 7.73. The van der Waals surface area contributed by atoms with Crippen LogP contribution >= 0.6 is 0 Å². The summed E-state index contributed by atoms with van der Waals surface area (Å²) in [7, 11) is 2.21. The maximum absolute atomic E-state index is 5.66. The summed E-state index contributed by atoms with van der Waals surface area (Å²) in [5.41, 5.74) is 6.79. The summed E-state index contributed by atoms with van der Waals surface area (Å²) in [4.78, 5) is 6.60. The van der Waals surface area contributed by atoms with Crippen molar-refractivity contribution in [1.29, 1.82) is 0 Å². The van der Waals surface area contributed by atoms with Crippen LogP contribution in [-0.4, -0.2) is 34.1 Å². The molecule has 0 bridgehead atoms. The third-order valence-electron chi connectivity index (χ3n) is 3.34. The maximum atomic E-state index is 5.66. The van der Waals surface area contributed by atoms with Crippen LogP contribution in [0.15, 0.2) is 12.5 Å². The molecule has 84 valence electrons. The molecule has 1 aromatic rings. The Morgan fingerprint density at radius 1 is 1.53 bits per heavy atom. The molecule has 1 saturated heterocycles. The van der Waals surface area contributed by atoms with E-state index in [4.69, 9.17) is 5.73 Å². The lowest BCUT2D eigenvalue weighted by Crippen LogP contribution is -2.39. The number of imidazole rings is 1. The molecule has 1 aliphatic rings. The van der Waals surface area contributed by atoms with E-state index in [0.29, 0.717) is 12.6 Å². The average molecular weight is 208 g/mol. The average Bonchev–Trinajstić information content (AvgIpc) is 2.69. The van der Waals surface area contributed by atoms with Crippen LogP contribution in [-0.2, 0) is 13.1 Å². The molecule has 2 heterocycles. The number of piperidine rings is 1. The van der Waals surface area contributed by atoms with Gasteiger partial charge in [0.05, 0.1) is 12.0 Å². The highest BCUT2D eigenvalue weighted by Gasteiger charge is 2.19. The number of rotatable bonds is 3. The predicted molar refractivity (Wildman–Crippen MR) is 60.4 cm³/mol. The number of likely N-dealkylation sites (N-methyl/N-ethyl adjacent to an activating group) is 1. The molecule has 1 aliphatic heterocycles. The first-order valence-corrected chi connectivity index (χ1v) is 5.70. The Kier molecular flexibility index (Phi) is 3.38. The van der Waals surface area contributed by atoms with E-state index < -0.39 is 0 Å². The third kappa shape index (κ3) is 2.38. The van der Waals surface area contributed by atoms with Gasteiger partial charge in [0.2, 0.25) is 0 Å². The molecule has 2 rings (SSSR count). The molecule has 1 aromatic heterocycles. The second-order valence-electron chi connectivity index (χ2n) is 4.37. The number of nitrogens with zero attached hydrogens (tertiary/aromatic N) is 3. The first-order valence-electron chi connectivity index (χ1n) is 5.70. The summed E-state index contributed by atoms with van der Waals surface area (Å²) < 4.78 is 2.19. The van der Waals surface area contributed by atoms with Crippen molar-refractivity contribution in [2.75, 3.05) is 13.6 Å². The standard InChI is InChI=1S/C11H20N4/c1-14-5-3-2-4-10(14)8-15-9-13-7-11(15)6-12/h7,9-10H,2-6,8,12H2,1H3. The Morgan fingerprint density at radius 2 is 2.40 bits per heavy atom. The number of hydrogen-bond acceptors (Lipinski definition) is 3. The van der Waals surface area contributed by atoms with Gasteiger partial charge in [-0.2, -0.15) is 0 Å². The van der Waals surface area contributed by atoms with Gasteiger partial charge in [-0.1, -0.05) is 6.42 Å². The Bertz CT molecular complexity index is 307. The molecule has 2 N–H and O–H groups in total. The molecular formula is C11H20N4. The topological polar surface area (TPSA) is 47.1 Å². The highest BCUT2D eigenvalue weighted by Crippen LogP contribution is 2.17. The molecule has 1 unspecified atom stereocenters. The molecule has 0 aliphatic carbocycles. The quantitative estimate of drug-likeness (QED) is 0.800. The molecule has 15 heavy (non-hydrogen) atoms. The zero-order valence-corrected chi connectivity index (χ0v) is 9.39. The van der Waals surface area contributed by atoms with Crippen molar-refractivity contribution in [3.8, 4) is 0 Å². The smallest absolute Gasteiger partial charge is 0.0949 e. The Balaban J connectivity index is 2.01. The van der Waals surface area contributed by atoms with E-state index in [1.807, 2.05) is 12.5 Å². The molecule has 0 aromatic carbocycles. The van der Waals surface area contributed by atoms with Gasteiger partial charge in [0.25, 0.3) is 0 Å². The van der Waals surface area contributed by atoms with Crippen molar-refractivity contribution < 1.29 is 0 Å². The second kappa shape index (κ2) is 4.77. The van der Waals surface area contributed by atoms with Crippen LogP contribution in [0.3, 0.4) is 0 Å². The molecule has 0 radical (unpaired) electrons. The van der Waals surface area contributed by atoms with Crippen LogP contribution in [0.4, 0.5) is 0 Å². The monoisotopic (exact) mass is 208 g/mol. The summed E-state index contributed by atoms with van der Waals surface area (Å²) >= 11 is 0. The zero-order valence-electron chi connectivity index (χ0n) is 9.39. The van der Waals surface area contributed by atoms with Crippen molar-refractivity contribution in [3.05, 3.63) is 18.2 Å². The van der Waals surface area contributed by atoms with Gasteiger partial charge in [0, 0.05) is 25.3 Å². The van der Waals surface area contributed by atoms with Gasteiger partial charge in [0.15, 0.2) is 0 Å². The van der Waals surface area contributed by atoms with Crippen LogP contribution in [0.5, 0.6) is 0 Å². The van der Waals surface area contributed by atoms with Crippen molar-refractivity contribution >= 4 is 0 Å². The van der Waals surface area contributed by atoms with Crippen LogP contribution in [0, 0.1) is 0 Å². The van der Waals surface area contributed by atoms with Crippen LogP contribution in [0.2, 0.25) is 0 Å². The fourth-order valence-electron chi connectivity index (χ4n) is 2.28. The Hall–Kier alpha value is -0.870. The lowest BCUT2D eigenvalue weighted by atomic mass is 10.0. The van der Waals surface area contributed by atoms with E-state index in [2.05, 4.69) is 21.5 Å². The number of hydrogen-bond donors (Lipinski definition) is 1. The van der Waals surface area contributed by atoms with Gasteiger partial charge < -0.3 is 15.2 Å². The van der Waals surface area contributed by atoms with Gasteiger partial charge in [-0.15, -0.1) is 0 Å². The summed E-state index contributed by atoms with van der Waals surface area (Å²) in [5, 5.41) is 0.